The molecular weight excluding hydrogens is 260 g/mol. The number of hydrogen-bond acceptors (Lipinski definition) is 2. The molecule has 2 nitrogen and oxygen atoms in total. The maximum absolute atomic E-state index is 12.6. The van der Waals surface area contributed by atoms with Gasteiger partial charge in [0.25, 0.3) is 0 Å². The number of ether oxygens (including phenoxy) is 1. The van der Waals surface area contributed by atoms with Crippen molar-refractivity contribution >= 4 is 11.9 Å². The standard InChI is InChI=1S/C19H24O2/c1-2-21-17-10-7-14(8-11-17)13-16-9-12-18(19(16)20)15-5-3-4-6-15/h7-8,10-11,13,15,18H,2-6,9,12H2,1H3/b16-13+. The van der Waals surface area contributed by atoms with E-state index in [2.05, 4.69) is 6.08 Å². The van der Waals surface area contributed by atoms with Crippen molar-refractivity contribution in [2.45, 2.75) is 45.4 Å². The molecule has 1 unspecified atom stereocenters. The lowest BCUT2D eigenvalue weighted by molar-refractivity contribution is -0.119. The second-order valence-corrected chi connectivity index (χ2v) is 6.23. The summed E-state index contributed by atoms with van der Waals surface area (Å²) in [5, 5.41) is 0. The quantitative estimate of drug-likeness (QED) is 0.753. The smallest absolute Gasteiger partial charge is 0.162 e. The van der Waals surface area contributed by atoms with Gasteiger partial charge in [-0.15, -0.1) is 0 Å². The zero-order chi connectivity index (χ0) is 14.7. The van der Waals surface area contributed by atoms with Crippen LogP contribution in [0.25, 0.3) is 6.08 Å². The van der Waals surface area contributed by atoms with Crippen LogP contribution in [0, 0.1) is 11.8 Å². The van der Waals surface area contributed by atoms with Gasteiger partial charge in [-0.05, 0) is 67.9 Å². The molecule has 3 rings (SSSR count). The zero-order valence-corrected chi connectivity index (χ0v) is 12.8. The van der Waals surface area contributed by atoms with E-state index >= 15 is 0 Å². The third-order valence-corrected chi connectivity index (χ3v) is 4.88. The van der Waals surface area contributed by atoms with Gasteiger partial charge in [-0.2, -0.15) is 0 Å². The molecule has 0 bridgehead atoms. The largest absolute Gasteiger partial charge is 0.494 e. The molecule has 0 N–H and O–H groups in total. The second kappa shape index (κ2) is 6.46. The Balaban J connectivity index is 1.70. The van der Waals surface area contributed by atoms with E-state index < -0.39 is 0 Å². The number of carbonyl (C=O) groups is 1. The van der Waals surface area contributed by atoms with Crippen molar-refractivity contribution in [2.75, 3.05) is 6.61 Å². The molecule has 1 aromatic rings. The minimum atomic E-state index is 0.307. The van der Waals surface area contributed by atoms with E-state index in [1.807, 2.05) is 31.2 Å². The van der Waals surface area contributed by atoms with E-state index in [4.69, 9.17) is 4.74 Å². The van der Waals surface area contributed by atoms with E-state index in [0.717, 1.165) is 29.7 Å². The van der Waals surface area contributed by atoms with Gasteiger partial charge in [0.1, 0.15) is 5.75 Å². The Labute approximate surface area is 127 Å². The molecule has 0 spiro atoms. The average Bonchev–Trinajstić information content (AvgIpc) is 3.12. The van der Waals surface area contributed by atoms with Crippen molar-refractivity contribution in [1.29, 1.82) is 0 Å². The third-order valence-electron chi connectivity index (χ3n) is 4.88. The number of allylic oxidation sites excluding steroid dienone is 1. The summed E-state index contributed by atoms with van der Waals surface area (Å²) in [7, 11) is 0. The molecule has 21 heavy (non-hydrogen) atoms. The molecule has 2 aliphatic rings. The van der Waals surface area contributed by atoms with Crippen molar-refractivity contribution < 1.29 is 9.53 Å². The summed E-state index contributed by atoms with van der Waals surface area (Å²) in [5.74, 6) is 2.27. The molecule has 2 saturated carbocycles. The number of ketones is 1. The van der Waals surface area contributed by atoms with E-state index in [-0.39, 0.29) is 0 Å². The van der Waals surface area contributed by atoms with Crippen LogP contribution in [0.3, 0.4) is 0 Å². The summed E-state index contributed by atoms with van der Waals surface area (Å²) in [4.78, 5) is 12.6. The second-order valence-electron chi connectivity index (χ2n) is 6.23. The van der Waals surface area contributed by atoms with E-state index in [0.29, 0.717) is 24.2 Å². The molecule has 112 valence electrons. The summed E-state index contributed by atoms with van der Waals surface area (Å²) in [5.41, 5.74) is 2.13. The number of rotatable bonds is 4. The fraction of sp³-hybridized carbons (Fsp3) is 0.526. The van der Waals surface area contributed by atoms with Gasteiger partial charge in [-0.3, -0.25) is 4.79 Å². The van der Waals surface area contributed by atoms with Crippen LogP contribution in [-0.2, 0) is 4.79 Å². The van der Waals surface area contributed by atoms with Crippen LogP contribution < -0.4 is 4.74 Å². The molecule has 1 atom stereocenters. The molecule has 0 aromatic heterocycles. The lowest BCUT2D eigenvalue weighted by Crippen LogP contribution is -2.16. The summed E-state index contributed by atoms with van der Waals surface area (Å²) >= 11 is 0. The summed E-state index contributed by atoms with van der Waals surface area (Å²) in [6, 6.07) is 8.02. The van der Waals surface area contributed by atoms with Gasteiger partial charge in [-0.1, -0.05) is 25.0 Å². The molecule has 2 aliphatic carbocycles. The van der Waals surface area contributed by atoms with Crippen molar-refractivity contribution in [3.63, 3.8) is 0 Å². The van der Waals surface area contributed by atoms with Crippen molar-refractivity contribution in [3.8, 4) is 5.75 Å². The van der Waals surface area contributed by atoms with Crippen LogP contribution in [0.1, 0.15) is 51.0 Å². The maximum atomic E-state index is 12.6. The number of carbonyl (C=O) groups excluding carboxylic acids is 1. The van der Waals surface area contributed by atoms with Crippen LogP contribution in [-0.4, -0.2) is 12.4 Å². The molecule has 0 aliphatic heterocycles. The van der Waals surface area contributed by atoms with Gasteiger partial charge >= 0.3 is 0 Å². The van der Waals surface area contributed by atoms with E-state index in [1.54, 1.807) is 0 Å². The third kappa shape index (κ3) is 3.20. The Morgan fingerprint density at radius 2 is 1.86 bits per heavy atom. The molecule has 0 radical (unpaired) electrons. The van der Waals surface area contributed by atoms with Crippen molar-refractivity contribution in [2.24, 2.45) is 11.8 Å². The molecule has 2 heteroatoms. The molecule has 2 fully saturated rings. The molecule has 1 aromatic carbocycles. The highest BCUT2D eigenvalue weighted by atomic mass is 16.5. The highest BCUT2D eigenvalue weighted by Gasteiger charge is 2.36. The highest BCUT2D eigenvalue weighted by Crippen LogP contribution is 2.40. The monoisotopic (exact) mass is 284 g/mol. The van der Waals surface area contributed by atoms with Gasteiger partial charge in [0.15, 0.2) is 5.78 Å². The SMILES string of the molecule is CCOc1ccc(/C=C2\CCC(C3CCCC3)C2=O)cc1. The van der Waals surface area contributed by atoms with Crippen molar-refractivity contribution in [1.82, 2.24) is 0 Å². The van der Waals surface area contributed by atoms with Crippen molar-refractivity contribution in [3.05, 3.63) is 35.4 Å². The fourth-order valence-corrected chi connectivity index (χ4v) is 3.78. The Kier molecular flexibility index (Phi) is 4.42. The maximum Gasteiger partial charge on any atom is 0.162 e. The number of Topliss-reactive ketones (excluding diaryl/α,β-unsaturated/α-hetero) is 1. The first-order valence-corrected chi connectivity index (χ1v) is 8.25. The zero-order valence-electron chi connectivity index (χ0n) is 12.8. The van der Waals surface area contributed by atoms with E-state index in [1.165, 1.54) is 25.7 Å². The van der Waals surface area contributed by atoms with Crippen LogP contribution in [0.2, 0.25) is 0 Å². The first-order chi connectivity index (χ1) is 10.3. The molecule has 0 heterocycles. The van der Waals surface area contributed by atoms with Gasteiger partial charge < -0.3 is 4.74 Å². The normalized spacial score (nSPS) is 24.9. The van der Waals surface area contributed by atoms with Gasteiger partial charge in [0, 0.05) is 5.92 Å². The molecule has 0 saturated heterocycles. The Morgan fingerprint density at radius 3 is 2.52 bits per heavy atom. The molecule has 0 amide bonds. The summed E-state index contributed by atoms with van der Waals surface area (Å²) < 4.78 is 5.45. The Morgan fingerprint density at radius 1 is 1.14 bits per heavy atom. The highest BCUT2D eigenvalue weighted by molar-refractivity contribution is 6.03. The first-order valence-electron chi connectivity index (χ1n) is 8.25. The van der Waals surface area contributed by atoms with Crippen LogP contribution in [0.15, 0.2) is 29.8 Å². The summed E-state index contributed by atoms with van der Waals surface area (Å²) in [6.45, 7) is 2.66. The predicted octanol–water partition coefficient (Wildman–Crippen LogP) is 4.64. The van der Waals surface area contributed by atoms with Crippen LogP contribution >= 0.6 is 0 Å². The summed E-state index contributed by atoms with van der Waals surface area (Å²) in [6.07, 6.45) is 9.23. The van der Waals surface area contributed by atoms with E-state index in [9.17, 15) is 4.79 Å². The van der Waals surface area contributed by atoms with Crippen LogP contribution in [0.4, 0.5) is 0 Å². The minimum absolute atomic E-state index is 0.307. The lowest BCUT2D eigenvalue weighted by atomic mass is 9.88. The Bertz CT molecular complexity index is 521. The minimum Gasteiger partial charge on any atom is -0.494 e. The predicted molar refractivity (Wildman–Crippen MR) is 85.3 cm³/mol. The lowest BCUT2D eigenvalue weighted by Gasteiger charge is -2.15. The fourth-order valence-electron chi connectivity index (χ4n) is 3.78. The van der Waals surface area contributed by atoms with Crippen LogP contribution in [0.5, 0.6) is 5.75 Å². The van der Waals surface area contributed by atoms with Gasteiger partial charge in [0.2, 0.25) is 0 Å². The Hall–Kier alpha value is -1.57. The number of benzene rings is 1. The number of hydrogen-bond donors (Lipinski definition) is 0. The van der Waals surface area contributed by atoms with Gasteiger partial charge in [0.05, 0.1) is 6.61 Å². The van der Waals surface area contributed by atoms with Gasteiger partial charge in [-0.25, -0.2) is 0 Å². The first kappa shape index (κ1) is 14.4. The molecular formula is C19H24O2. The topological polar surface area (TPSA) is 26.3 Å². The average molecular weight is 284 g/mol.